The second-order valence-corrected chi connectivity index (χ2v) is 5.80. The number of aromatic carboxylic acids is 1. The van der Waals surface area contributed by atoms with Gasteiger partial charge < -0.3 is 5.11 Å². The lowest BCUT2D eigenvalue weighted by Crippen LogP contribution is -2.06. The maximum absolute atomic E-state index is 12.1. The average Bonchev–Trinajstić information content (AvgIpc) is 2.38. The van der Waals surface area contributed by atoms with E-state index < -0.39 is 16.8 Å². The number of benzene rings is 1. The van der Waals surface area contributed by atoms with Crippen molar-refractivity contribution in [3.63, 3.8) is 0 Å². The zero-order valence-electron chi connectivity index (χ0n) is 10.7. The second-order valence-electron chi connectivity index (χ2n) is 4.27. The zero-order valence-corrected chi connectivity index (χ0v) is 11.5. The Labute approximate surface area is 111 Å². The van der Waals surface area contributed by atoms with Gasteiger partial charge in [0.05, 0.1) is 21.3 Å². The summed E-state index contributed by atoms with van der Waals surface area (Å²) >= 11 is 0. The van der Waals surface area contributed by atoms with Crippen LogP contribution in [0.25, 0.3) is 0 Å². The Morgan fingerprint density at radius 2 is 1.83 bits per heavy atom. The summed E-state index contributed by atoms with van der Waals surface area (Å²) in [5.41, 5.74) is 0.157. The number of carboxylic acid groups (broad SMARTS) is 1. The van der Waals surface area contributed by atoms with Crippen molar-refractivity contribution in [2.45, 2.75) is 43.9 Å². The minimum absolute atomic E-state index is 0.157. The van der Waals surface area contributed by atoms with Gasteiger partial charge in [-0.2, -0.15) is 0 Å². The number of carboxylic acids is 1. The predicted molar refractivity (Wildman–Crippen MR) is 73.4 cm³/mol. The molecule has 0 radical (unpaired) electrons. The quantitative estimate of drug-likeness (QED) is 0.734. The van der Waals surface area contributed by atoms with E-state index in [1.807, 2.05) is 0 Å². The van der Waals surface area contributed by atoms with Crippen molar-refractivity contribution in [1.29, 1.82) is 0 Å². The lowest BCUT2D eigenvalue weighted by Gasteiger charge is -2.05. The molecular formula is C14H20O3S. The molecule has 0 heterocycles. The Morgan fingerprint density at radius 1 is 1.17 bits per heavy atom. The van der Waals surface area contributed by atoms with Crippen LogP contribution in [0, 0.1) is 0 Å². The largest absolute Gasteiger partial charge is 0.478 e. The summed E-state index contributed by atoms with van der Waals surface area (Å²) in [5.74, 6) is -0.460. The molecule has 1 rings (SSSR count). The highest BCUT2D eigenvalue weighted by Crippen LogP contribution is 2.15. The molecule has 100 valence electrons. The van der Waals surface area contributed by atoms with Gasteiger partial charge in [-0.25, -0.2) is 4.79 Å². The van der Waals surface area contributed by atoms with Crippen molar-refractivity contribution >= 4 is 16.8 Å². The van der Waals surface area contributed by atoms with E-state index in [9.17, 15) is 9.00 Å². The van der Waals surface area contributed by atoms with Gasteiger partial charge in [-0.3, -0.25) is 4.21 Å². The maximum Gasteiger partial charge on any atom is 0.336 e. The molecule has 0 saturated carbocycles. The van der Waals surface area contributed by atoms with Gasteiger partial charge in [0.25, 0.3) is 0 Å². The molecule has 0 fully saturated rings. The molecule has 0 amide bonds. The molecule has 1 aromatic rings. The SMILES string of the molecule is CCCCCCCS(=O)c1ccccc1C(=O)O. The minimum Gasteiger partial charge on any atom is -0.478 e. The Morgan fingerprint density at radius 3 is 2.50 bits per heavy atom. The molecule has 18 heavy (non-hydrogen) atoms. The van der Waals surface area contributed by atoms with Gasteiger partial charge in [0, 0.05) is 5.75 Å². The number of carbonyl (C=O) groups is 1. The van der Waals surface area contributed by atoms with Crippen LogP contribution in [0.1, 0.15) is 49.4 Å². The van der Waals surface area contributed by atoms with E-state index in [0.29, 0.717) is 10.6 Å². The van der Waals surface area contributed by atoms with Gasteiger partial charge in [-0.15, -0.1) is 0 Å². The maximum atomic E-state index is 12.1. The van der Waals surface area contributed by atoms with E-state index in [4.69, 9.17) is 5.11 Å². The first kappa shape index (κ1) is 14.9. The normalized spacial score (nSPS) is 12.3. The standard InChI is InChI=1S/C14H20O3S/c1-2-3-4-5-8-11-18(17)13-10-7-6-9-12(13)14(15)16/h6-7,9-10H,2-5,8,11H2,1H3,(H,15,16). The van der Waals surface area contributed by atoms with Crippen LogP contribution in [-0.2, 0) is 10.8 Å². The predicted octanol–water partition coefficient (Wildman–Crippen LogP) is 3.46. The molecule has 0 bridgehead atoms. The summed E-state index contributed by atoms with van der Waals surface area (Å²) in [6.45, 7) is 2.15. The highest BCUT2D eigenvalue weighted by molar-refractivity contribution is 7.85. The minimum atomic E-state index is -1.20. The summed E-state index contributed by atoms with van der Waals surface area (Å²) in [4.78, 5) is 11.5. The van der Waals surface area contributed by atoms with Crippen molar-refractivity contribution < 1.29 is 14.1 Å². The lowest BCUT2D eigenvalue weighted by atomic mass is 10.2. The fourth-order valence-electron chi connectivity index (χ4n) is 1.79. The Balaban J connectivity index is 2.54. The first-order chi connectivity index (χ1) is 8.66. The van der Waals surface area contributed by atoms with Crippen LogP contribution >= 0.6 is 0 Å². The van der Waals surface area contributed by atoms with Crippen LogP contribution in [0.4, 0.5) is 0 Å². The van der Waals surface area contributed by atoms with Crippen LogP contribution in [0.5, 0.6) is 0 Å². The fraction of sp³-hybridized carbons (Fsp3) is 0.500. The Hall–Kier alpha value is -1.16. The third-order valence-electron chi connectivity index (χ3n) is 2.80. The van der Waals surface area contributed by atoms with Gasteiger partial charge in [0.1, 0.15) is 0 Å². The van der Waals surface area contributed by atoms with Gasteiger partial charge in [-0.1, -0.05) is 44.7 Å². The molecule has 0 saturated heterocycles. The monoisotopic (exact) mass is 268 g/mol. The highest BCUT2D eigenvalue weighted by Gasteiger charge is 2.13. The van der Waals surface area contributed by atoms with Crippen molar-refractivity contribution in [2.75, 3.05) is 5.75 Å². The molecule has 1 aromatic carbocycles. The molecule has 0 aromatic heterocycles. The number of unbranched alkanes of at least 4 members (excludes halogenated alkanes) is 4. The second kappa shape index (κ2) is 8.03. The topological polar surface area (TPSA) is 54.4 Å². The number of hydrogen-bond donors (Lipinski definition) is 1. The van der Waals surface area contributed by atoms with E-state index in [-0.39, 0.29) is 5.56 Å². The molecule has 1 unspecified atom stereocenters. The molecular weight excluding hydrogens is 248 g/mol. The molecule has 0 aliphatic carbocycles. The van der Waals surface area contributed by atoms with Crippen molar-refractivity contribution in [3.05, 3.63) is 29.8 Å². The summed E-state index contributed by atoms with van der Waals surface area (Å²) in [6.07, 6.45) is 5.51. The van der Waals surface area contributed by atoms with Gasteiger partial charge in [0.2, 0.25) is 0 Å². The Bertz CT molecular complexity index is 415. The summed E-state index contributed by atoms with van der Waals surface area (Å²) in [5, 5.41) is 9.02. The summed E-state index contributed by atoms with van der Waals surface area (Å²) in [6, 6.07) is 6.54. The van der Waals surface area contributed by atoms with Gasteiger partial charge in [0.15, 0.2) is 0 Å². The van der Waals surface area contributed by atoms with Crippen LogP contribution in [0.2, 0.25) is 0 Å². The van der Waals surface area contributed by atoms with E-state index in [2.05, 4.69) is 6.92 Å². The van der Waals surface area contributed by atoms with Crippen LogP contribution in [0.3, 0.4) is 0 Å². The summed E-state index contributed by atoms with van der Waals surface area (Å²) < 4.78 is 12.1. The van der Waals surface area contributed by atoms with E-state index >= 15 is 0 Å². The fourth-order valence-corrected chi connectivity index (χ4v) is 3.11. The highest BCUT2D eigenvalue weighted by atomic mass is 32.2. The van der Waals surface area contributed by atoms with Crippen molar-refractivity contribution in [3.8, 4) is 0 Å². The molecule has 1 atom stereocenters. The molecule has 0 aliphatic heterocycles. The molecule has 3 nitrogen and oxygen atoms in total. The van der Waals surface area contributed by atoms with Crippen LogP contribution in [0.15, 0.2) is 29.2 Å². The van der Waals surface area contributed by atoms with Crippen molar-refractivity contribution in [2.24, 2.45) is 0 Å². The average molecular weight is 268 g/mol. The smallest absolute Gasteiger partial charge is 0.336 e. The van der Waals surface area contributed by atoms with E-state index in [0.717, 1.165) is 19.3 Å². The van der Waals surface area contributed by atoms with E-state index in [1.165, 1.54) is 18.9 Å². The van der Waals surface area contributed by atoms with Gasteiger partial charge in [-0.05, 0) is 18.6 Å². The molecule has 0 aliphatic rings. The first-order valence-electron chi connectivity index (χ1n) is 6.37. The van der Waals surface area contributed by atoms with Crippen LogP contribution in [-0.4, -0.2) is 21.0 Å². The number of hydrogen-bond acceptors (Lipinski definition) is 2. The van der Waals surface area contributed by atoms with Crippen LogP contribution < -0.4 is 0 Å². The zero-order chi connectivity index (χ0) is 13.4. The third kappa shape index (κ3) is 4.61. The molecule has 1 N–H and O–H groups in total. The molecule has 4 heteroatoms. The number of rotatable bonds is 8. The van der Waals surface area contributed by atoms with E-state index in [1.54, 1.807) is 18.2 Å². The van der Waals surface area contributed by atoms with Gasteiger partial charge >= 0.3 is 5.97 Å². The van der Waals surface area contributed by atoms with Crippen molar-refractivity contribution in [1.82, 2.24) is 0 Å². The first-order valence-corrected chi connectivity index (χ1v) is 7.69. The molecule has 0 spiro atoms. The Kier molecular flexibility index (Phi) is 6.65. The lowest BCUT2D eigenvalue weighted by molar-refractivity contribution is 0.0693. The third-order valence-corrected chi connectivity index (χ3v) is 4.30. The summed E-state index contributed by atoms with van der Waals surface area (Å²) in [7, 11) is -1.20.